The molecule has 0 saturated carbocycles. The lowest BCUT2D eigenvalue weighted by Crippen LogP contribution is -2.03. The molecule has 4 heteroatoms. The Kier molecular flexibility index (Phi) is 8.24. The molecule has 1 atom stereocenters. The molecule has 0 aromatic rings. The van der Waals surface area contributed by atoms with Gasteiger partial charge in [0, 0.05) is 11.7 Å². The zero-order valence-electron chi connectivity index (χ0n) is 8.03. The number of carboxylic acid groups (broad SMARTS) is 1. The molecule has 78 valence electrons. The molecule has 0 aromatic heterocycles. The van der Waals surface area contributed by atoms with Crippen molar-refractivity contribution in [1.82, 2.24) is 0 Å². The first kappa shape index (κ1) is 12.8. The van der Waals surface area contributed by atoms with Crippen molar-refractivity contribution in [3.05, 3.63) is 0 Å². The Morgan fingerprint density at radius 3 is 2.62 bits per heavy atom. The van der Waals surface area contributed by atoms with Crippen LogP contribution in [0, 0.1) is 0 Å². The number of aliphatic hydroxyl groups is 1. The van der Waals surface area contributed by atoms with Gasteiger partial charge >= 0.3 is 5.97 Å². The standard InChI is InChI=1S/C9H18O3S/c1-8(7-10)13-6-4-2-3-5-9(11)12/h8,10H,2-7H2,1H3,(H,11,12). The van der Waals surface area contributed by atoms with Crippen molar-refractivity contribution >= 4 is 17.7 Å². The Morgan fingerprint density at radius 2 is 2.08 bits per heavy atom. The minimum atomic E-state index is -0.712. The molecular weight excluding hydrogens is 188 g/mol. The molecule has 0 bridgehead atoms. The summed E-state index contributed by atoms with van der Waals surface area (Å²) in [5.41, 5.74) is 0. The number of carbonyl (C=O) groups is 1. The van der Waals surface area contributed by atoms with Gasteiger partial charge in [-0.2, -0.15) is 11.8 Å². The fourth-order valence-electron chi connectivity index (χ4n) is 0.892. The number of unbranched alkanes of at least 4 members (excludes halogenated alkanes) is 2. The topological polar surface area (TPSA) is 57.5 Å². The number of carboxylic acids is 1. The van der Waals surface area contributed by atoms with Gasteiger partial charge in [-0.3, -0.25) is 4.79 Å². The van der Waals surface area contributed by atoms with Crippen molar-refractivity contribution in [2.45, 2.75) is 37.9 Å². The van der Waals surface area contributed by atoms with Crippen LogP contribution in [-0.2, 0) is 4.79 Å². The van der Waals surface area contributed by atoms with Crippen molar-refractivity contribution in [1.29, 1.82) is 0 Å². The van der Waals surface area contributed by atoms with E-state index in [1.165, 1.54) is 0 Å². The van der Waals surface area contributed by atoms with E-state index in [1.807, 2.05) is 6.92 Å². The van der Waals surface area contributed by atoms with Gasteiger partial charge in [-0.05, 0) is 18.6 Å². The van der Waals surface area contributed by atoms with Crippen molar-refractivity contribution in [3.8, 4) is 0 Å². The summed E-state index contributed by atoms with van der Waals surface area (Å²) in [6.45, 7) is 2.21. The number of aliphatic carboxylic acids is 1. The van der Waals surface area contributed by atoms with Crippen molar-refractivity contribution in [2.24, 2.45) is 0 Å². The summed E-state index contributed by atoms with van der Waals surface area (Å²) >= 11 is 1.74. The molecule has 0 saturated heterocycles. The van der Waals surface area contributed by atoms with E-state index >= 15 is 0 Å². The van der Waals surface area contributed by atoms with Gasteiger partial charge in [-0.1, -0.05) is 13.3 Å². The van der Waals surface area contributed by atoms with Crippen LogP contribution in [0.25, 0.3) is 0 Å². The molecule has 3 nitrogen and oxygen atoms in total. The highest BCUT2D eigenvalue weighted by Crippen LogP contribution is 2.12. The first-order valence-corrected chi connectivity index (χ1v) is 5.66. The van der Waals surface area contributed by atoms with E-state index in [9.17, 15) is 4.79 Å². The lowest BCUT2D eigenvalue weighted by Gasteiger charge is -2.06. The number of hydrogen-bond acceptors (Lipinski definition) is 3. The zero-order chi connectivity index (χ0) is 10.1. The normalized spacial score (nSPS) is 12.8. The summed E-state index contributed by atoms with van der Waals surface area (Å²) in [5, 5.41) is 17.4. The van der Waals surface area contributed by atoms with Gasteiger partial charge in [0.15, 0.2) is 0 Å². The molecule has 0 radical (unpaired) electrons. The summed E-state index contributed by atoms with van der Waals surface area (Å²) in [7, 11) is 0. The molecule has 0 rings (SSSR count). The van der Waals surface area contributed by atoms with Crippen LogP contribution in [0.4, 0.5) is 0 Å². The van der Waals surface area contributed by atoms with E-state index in [1.54, 1.807) is 11.8 Å². The molecule has 0 aliphatic rings. The number of hydrogen-bond donors (Lipinski definition) is 2. The molecule has 0 aliphatic heterocycles. The first-order chi connectivity index (χ1) is 6.16. The summed E-state index contributed by atoms with van der Waals surface area (Å²) in [4.78, 5) is 10.1. The molecular formula is C9H18O3S. The Morgan fingerprint density at radius 1 is 1.38 bits per heavy atom. The Balaban J connectivity index is 3.04. The average molecular weight is 206 g/mol. The van der Waals surface area contributed by atoms with Crippen molar-refractivity contribution in [3.63, 3.8) is 0 Å². The van der Waals surface area contributed by atoms with Crippen LogP contribution in [0.15, 0.2) is 0 Å². The lowest BCUT2D eigenvalue weighted by atomic mass is 10.2. The molecule has 0 aromatic carbocycles. The third-order valence-electron chi connectivity index (χ3n) is 1.69. The second-order valence-corrected chi connectivity index (χ2v) is 4.61. The summed E-state index contributed by atoms with van der Waals surface area (Å²) in [6, 6.07) is 0. The molecule has 0 spiro atoms. The van der Waals surface area contributed by atoms with Gasteiger partial charge in [0.05, 0.1) is 6.61 Å². The largest absolute Gasteiger partial charge is 0.481 e. The third-order valence-corrected chi connectivity index (χ3v) is 2.94. The summed E-state index contributed by atoms with van der Waals surface area (Å²) < 4.78 is 0. The van der Waals surface area contributed by atoms with Gasteiger partial charge in [0.1, 0.15) is 0 Å². The minimum Gasteiger partial charge on any atom is -0.481 e. The maximum atomic E-state index is 10.1. The maximum Gasteiger partial charge on any atom is 0.303 e. The monoisotopic (exact) mass is 206 g/mol. The molecule has 0 aliphatic carbocycles. The third kappa shape index (κ3) is 9.70. The zero-order valence-corrected chi connectivity index (χ0v) is 8.85. The molecule has 0 fully saturated rings. The highest BCUT2D eigenvalue weighted by atomic mass is 32.2. The SMILES string of the molecule is CC(CO)SCCCCCC(=O)O. The van der Waals surface area contributed by atoms with E-state index in [-0.39, 0.29) is 13.0 Å². The quantitative estimate of drug-likeness (QED) is 0.594. The van der Waals surface area contributed by atoms with Gasteiger partial charge in [-0.25, -0.2) is 0 Å². The second-order valence-electron chi connectivity index (χ2n) is 3.07. The molecule has 0 amide bonds. The van der Waals surface area contributed by atoms with Gasteiger partial charge < -0.3 is 10.2 Å². The number of aliphatic hydroxyl groups excluding tert-OH is 1. The number of thioether (sulfide) groups is 1. The molecule has 0 heterocycles. The van der Waals surface area contributed by atoms with E-state index in [4.69, 9.17) is 10.2 Å². The van der Waals surface area contributed by atoms with E-state index in [0.717, 1.165) is 25.0 Å². The van der Waals surface area contributed by atoms with Crippen LogP contribution in [0.5, 0.6) is 0 Å². The highest BCUT2D eigenvalue weighted by molar-refractivity contribution is 7.99. The summed E-state index contributed by atoms with van der Waals surface area (Å²) in [6.07, 6.45) is 3.06. The average Bonchev–Trinajstić information content (AvgIpc) is 2.10. The maximum absolute atomic E-state index is 10.1. The van der Waals surface area contributed by atoms with Gasteiger partial charge in [0.2, 0.25) is 0 Å². The van der Waals surface area contributed by atoms with Crippen molar-refractivity contribution in [2.75, 3.05) is 12.4 Å². The van der Waals surface area contributed by atoms with E-state index in [2.05, 4.69) is 0 Å². The smallest absolute Gasteiger partial charge is 0.303 e. The Bertz CT molecular complexity index is 139. The predicted molar refractivity (Wildman–Crippen MR) is 55.1 cm³/mol. The van der Waals surface area contributed by atoms with E-state index < -0.39 is 5.97 Å². The number of rotatable bonds is 8. The van der Waals surface area contributed by atoms with Crippen LogP contribution in [0.2, 0.25) is 0 Å². The lowest BCUT2D eigenvalue weighted by molar-refractivity contribution is -0.137. The summed E-state index contributed by atoms with van der Waals surface area (Å²) in [5.74, 6) is 0.304. The Labute approximate surface area is 83.5 Å². The minimum absolute atomic E-state index is 0.222. The molecule has 13 heavy (non-hydrogen) atoms. The molecule has 2 N–H and O–H groups in total. The molecule has 1 unspecified atom stereocenters. The highest BCUT2D eigenvalue weighted by Gasteiger charge is 2.00. The van der Waals surface area contributed by atoms with Gasteiger partial charge in [0.25, 0.3) is 0 Å². The second kappa shape index (κ2) is 8.38. The van der Waals surface area contributed by atoms with Crippen molar-refractivity contribution < 1.29 is 15.0 Å². The van der Waals surface area contributed by atoms with E-state index in [0.29, 0.717) is 5.25 Å². The van der Waals surface area contributed by atoms with Crippen LogP contribution in [0.3, 0.4) is 0 Å². The fourth-order valence-corrected chi connectivity index (χ4v) is 1.77. The van der Waals surface area contributed by atoms with Crippen LogP contribution in [-0.4, -0.2) is 33.8 Å². The van der Waals surface area contributed by atoms with Crippen LogP contribution >= 0.6 is 11.8 Å². The van der Waals surface area contributed by atoms with Gasteiger partial charge in [-0.15, -0.1) is 0 Å². The fraction of sp³-hybridized carbons (Fsp3) is 0.889. The van der Waals surface area contributed by atoms with Crippen LogP contribution in [0.1, 0.15) is 32.6 Å². The Hall–Kier alpha value is -0.220. The predicted octanol–water partition coefficient (Wildman–Crippen LogP) is 1.75. The van der Waals surface area contributed by atoms with Crippen LogP contribution < -0.4 is 0 Å². The first-order valence-electron chi connectivity index (χ1n) is 4.61.